The van der Waals surface area contributed by atoms with Gasteiger partial charge in [-0.3, -0.25) is 19.3 Å². The number of carbonyl (C=O) groups excluding carboxylic acids is 3. The lowest BCUT2D eigenvalue weighted by Gasteiger charge is -2.18. The van der Waals surface area contributed by atoms with Crippen molar-refractivity contribution in [2.45, 2.75) is 46.6 Å². The SMILES string of the molecule is CCOc1ccc(C(C)NC(=O)CCCN2C(=O)c3ccc(C)cc3C2=O)cc1OCC. The molecule has 7 nitrogen and oxygen atoms in total. The highest BCUT2D eigenvalue weighted by Gasteiger charge is 2.35. The van der Waals surface area contributed by atoms with E-state index in [1.807, 2.05) is 52.0 Å². The maximum Gasteiger partial charge on any atom is 0.261 e. The van der Waals surface area contributed by atoms with Gasteiger partial charge in [0, 0.05) is 13.0 Å². The summed E-state index contributed by atoms with van der Waals surface area (Å²) in [5.41, 5.74) is 2.70. The van der Waals surface area contributed by atoms with Crippen molar-refractivity contribution in [3.05, 3.63) is 58.7 Å². The van der Waals surface area contributed by atoms with Gasteiger partial charge in [0.1, 0.15) is 0 Å². The largest absolute Gasteiger partial charge is 0.490 e. The molecule has 1 unspecified atom stereocenters. The van der Waals surface area contributed by atoms with E-state index >= 15 is 0 Å². The van der Waals surface area contributed by atoms with Crippen molar-refractivity contribution in [3.63, 3.8) is 0 Å². The van der Waals surface area contributed by atoms with E-state index < -0.39 is 0 Å². The van der Waals surface area contributed by atoms with Gasteiger partial charge in [0.05, 0.1) is 30.4 Å². The number of ether oxygens (including phenoxy) is 2. The molecule has 0 bridgehead atoms. The highest BCUT2D eigenvalue weighted by Crippen LogP contribution is 2.31. The third kappa shape index (κ3) is 5.10. The molecular formula is C25H30N2O5. The molecule has 1 aliphatic heterocycles. The zero-order valence-electron chi connectivity index (χ0n) is 19.1. The summed E-state index contributed by atoms with van der Waals surface area (Å²) < 4.78 is 11.2. The van der Waals surface area contributed by atoms with Gasteiger partial charge >= 0.3 is 0 Å². The van der Waals surface area contributed by atoms with E-state index in [-0.39, 0.29) is 36.7 Å². The minimum Gasteiger partial charge on any atom is -0.490 e. The first kappa shape index (κ1) is 23.3. The Hall–Kier alpha value is -3.35. The van der Waals surface area contributed by atoms with Gasteiger partial charge in [0.15, 0.2) is 11.5 Å². The molecule has 3 rings (SSSR count). The third-order valence-corrected chi connectivity index (χ3v) is 5.36. The van der Waals surface area contributed by atoms with Crippen LogP contribution in [0.1, 0.15) is 71.5 Å². The number of rotatable bonds is 10. The van der Waals surface area contributed by atoms with Gasteiger partial charge in [-0.2, -0.15) is 0 Å². The van der Waals surface area contributed by atoms with Crippen LogP contribution in [-0.2, 0) is 4.79 Å². The molecule has 2 aromatic rings. The topological polar surface area (TPSA) is 84.9 Å². The molecule has 0 saturated heterocycles. The van der Waals surface area contributed by atoms with Gasteiger partial charge in [0.2, 0.25) is 5.91 Å². The van der Waals surface area contributed by atoms with Crippen LogP contribution in [0.4, 0.5) is 0 Å². The Bertz CT molecular complexity index is 1020. The number of nitrogens with one attached hydrogen (secondary N) is 1. The second-order valence-corrected chi connectivity index (χ2v) is 7.78. The zero-order valence-corrected chi connectivity index (χ0v) is 19.1. The van der Waals surface area contributed by atoms with Crippen LogP contribution in [0.2, 0.25) is 0 Å². The summed E-state index contributed by atoms with van der Waals surface area (Å²) in [6.45, 7) is 8.87. The van der Waals surface area contributed by atoms with Crippen LogP contribution >= 0.6 is 0 Å². The average Bonchev–Trinajstić information content (AvgIpc) is 2.99. The molecule has 170 valence electrons. The highest BCUT2D eigenvalue weighted by atomic mass is 16.5. The van der Waals surface area contributed by atoms with E-state index in [0.29, 0.717) is 42.3 Å². The van der Waals surface area contributed by atoms with Gasteiger partial charge in [-0.15, -0.1) is 0 Å². The Morgan fingerprint density at radius 1 is 0.969 bits per heavy atom. The Labute approximate surface area is 188 Å². The van der Waals surface area contributed by atoms with E-state index in [4.69, 9.17) is 9.47 Å². The van der Waals surface area contributed by atoms with E-state index in [1.54, 1.807) is 12.1 Å². The fourth-order valence-electron chi connectivity index (χ4n) is 3.74. The highest BCUT2D eigenvalue weighted by molar-refractivity contribution is 6.21. The molecule has 1 aliphatic rings. The van der Waals surface area contributed by atoms with Crippen molar-refractivity contribution in [1.29, 1.82) is 0 Å². The molecule has 3 amide bonds. The zero-order chi connectivity index (χ0) is 23.3. The van der Waals surface area contributed by atoms with E-state index in [1.165, 1.54) is 4.90 Å². The van der Waals surface area contributed by atoms with Crippen LogP contribution in [0.15, 0.2) is 36.4 Å². The number of aryl methyl sites for hydroxylation is 1. The van der Waals surface area contributed by atoms with Crippen molar-refractivity contribution in [1.82, 2.24) is 10.2 Å². The summed E-state index contributed by atoms with van der Waals surface area (Å²) in [7, 11) is 0. The third-order valence-electron chi connectivity index (χ3n) is 5.36. The molecular weight excluding hydrogens is 408 g/mol. The van der Waals surface area contributed by atoms with Crippen LogP contribution in [0.3, 0.4) is 0 Å². The van der Waals surface area contributed by atoms with Crippen molar-refractivity contribution in [2.24, 2.45) is 0 Å². The Morgan fingerprint density at radius 3 is 2.38 bits per heavy atom. The molecule has 1 atom stereocenters. The second-order valence-electron chi connectivity index (χ2n) is 7.78. The maximum atomic E-state index is 12.5. The number of imide groups is 1. The van der Waals surface area contributed by atoms with Crippen LogP contribution in [0.5, 0.6) is 11.5 Å². The standard InChI is InChI=1S/C25H30N2O5/c1-5-31-21-12-10-18(15-22(21)32-6-2)17(4)26-23(28)8-7-13-27-24(29)19-11-9-16(3)14-20(19)25(27)30/h9-12,14-15,17H,5-8,13H2,1-4H3,(H,26,28). The molecule has 0 aromatic heterocycles. The van der Waals surface area contributed by atoms with Crippen molar-refractivity contribution >= 4 is 17.7 Å². The first-order valence-corrected chi connectivity index (χ1v) is 11.0. The number of hydrogen-bond donors (Lipinski definition) is 1. The molecule has 0 aliphatic carbocycles. The molecule has 7 heteroatoms. The summed E-state index contributed by atoms with van der Waals surface area (Å²) in [5.74, 6) is 0.593. The number of benzene rings is 2. The molecule has 0 radical (unpaired) electrons. The first-order valence-electron chi connectivity index (χ1n) is 11.0. The van der Waals surface area contributed by atoms with E-state index in [2.05, 4.69) is 5.32 Å². The molecule has 0 spiro atoms. The lowest BCUT2D eigenvalue weighted by atomic mass is 10.1. The van der Waals surface area contributed by atoms with E-state index in [0.717, 1.165) is 11.1 Å². The number of nitrogens with zero attached hydrogens (tertiary/aromatic N) is 1. The fourth-order valence-corrected chi connectivity index (χ4v) is 3.74. The summed E-state index contributed by atoms with van der Waals surface area (Å²) >= 11 is 0. The Morgan fingerprint density at radius 2 is 1.66 bits per heavy atom. The van der Waals surface area contributed by atoms with Crippen molar-refractivity contribution in [3.8, 4) is 11.5 Å². The quantitative estimate of drug-likeness (QED) is 0.566. The number of carbonyl (C=O) groups is 3. The summed E-state index contributed by atoms with van der Waals surface area (Å²) in [5, 5.41) is 2.97. The van der Waals surface area contributed by atoms with Gasteiger partial charge in [0.25, 0.3) is 11.8 Å². The molecule has 1 N–H and O–H groups in total. The minimum absolute atomic E-state index is 0.142. The number of fused-ring (bicyclic) bond motifs is 1. The van der Waals surface area contributed by atoms with Crippen molar-refractivity contribution in [2.75, 3.05) is 19.8 Å². The smallest absolute Gasteiger partial charge is 0.261 e. The Kier molecular flexibility index (Phi) is 7.51. The fraction of sp³-hybridized carbons (Fsp3) is 0.400. The normalized spacial score (nSPS) is 13.7. The van der Waals surface area contributed by atoms with E-state index in [9.17, 15) is 14.4 Å². The first-order chi connectivity index (χ1) is 15.3. The molecule has 2 aromatic carbocycles. The van der Waals surface area contributed by atoms with Crippen LogP contribution in [0.25, 0.3) is 0 Å². The maximum absolute atomic E-state index is 12.5. The molecule has 1 heterocycles. The molecule has 0 fully saturated rings. The van der Waals surface area contributed by atoms with Crippen LogP contribution < -0.4 is 14.8 Å². The monoisotopic (exact) mass is 438 g/mol. The molecule has 0 saturated carbocycles. The summed E-state index contributed by atoms with van der Waals surface area (Å²) in [6.07, 6.45) is 0.614. The second kappa shape index (κ2) is 10.3. The van der Waals surface area contributed by atoms with Gasteiger partial charge in [-0.05, 0) is 63.9 Å². The number of hydrogen-bond acceptors (Lipinski definition) is 5. The van der Waals surface area contributed by atoms with Gasteiger partial charge in [-0.25, -0.2) is 0 Å². The van der Waals surface area contributed by atoms with Crippen molar-refractivity contribution < 1.29 is 23.9 Å². The van der Waals surface area contributed by atoms with Gasteiger partial charge < -0.3 is 14.8 Å². The summed E-state index contributed by atoms with van der Waals surface area (Å²) in [4.78, 5) is 38.7. The van der Waals surface area contributed by atoms with Crippen LogP contribution in [-0.4, -0.2) is 42.4 Å². The van der Waals surface area contributed by atoms with Crippen LogP contribution in [0, 0.1) is 6.92 Å². The lowest BCUT2D eigenvalue weighted by Crippen LogP contribution is -2.32. The number of amides is 3. The predicted octanol–water partition coefficient (Wildman–Crippen LogP) is 4.05. The average molecular weight is 439 g/mol. The lowest BCUT2D eigenvalue weighted by molar-refractivity contribution is -0.121. The van der Waals surface area contributed by atoms with Gasteiger partial charge in [-0.1, -0.05) is 17.7 Å². The Balaban J connectivity index is 1.54. The minimum atomic E-state index is -0.295. The predicted molar refractivity (Wildman–Crippen MR) is 121 cm³/mol. The molecule has 32 heavy (non-hydrogen) atoms. The summed E-state index contributed by atoms with van der Waals surface area (Å²) in [6, 6.07) is 10.6.